The molecule has 0 spiro atoms. The van der Waals surface area contributed by atoms with Crippen molar-refractivity contribution in [1.82, 2.24) is 0 Å². The first-order valence-electron chi connectivity index (χ1n) is 8.79. The van der Waals surface area contributed by atoms with Gasteiger partial charge in [0, 0.05) is 11.8 Å². The molecule has 2 aliphatic rings. The highest BCUT2D eigenvalue weighted by Crippen LogP contribution is 2.52. The molecule has 26 heavy (non-hydrogen) atoms. The zero-order valence-corrected chi connectivity index (χ0v) is 15.3. The normalized spacial score (nSPS) is 29.5. The highest BCUT2D eigenvalue weighted by atomic mass is 15.1. The Morgan fingerprint density at radius 1 is 1.19 bits per heavy atom. The van der Waals surface area contributed by atoms with Gasteiger partial charge in [-0.2, -0.15) is 15.8 Å². The molecule has 4 atom stereocenters. The van der Waals surface area contributed by atoms with E-state index in [2.05, 4.69) is 31.3 Å². The molecule has 2 N–H and O–H groups in total. The molecule has 0 bridgehead atoms. The van der Waals surface area contributed by atoms with Crippen molar-refractivity contribution in [2.75, 3.05) is 20.1 Å². The molecule has 1 fully saturated rings. The van der Waals surface area contributed by atoms with Crippen LogP contribution >= 0.6 is 0 Å². The summed E-state index contributed by atoms with van der Waals surface area (Å²) in [7, 11) is 2.08. The molecule has 1 aliphatic carbocycles. The van der Waals surface area contributed by atoms with E-state index in [0.717, 1.165) is 35.4 Å². The summed E-state index contributed by atoms with van der Waals surface area (Å²) in [5, 5.41) is 38.3. The van der Waals surface area contributed by atoms with E-state index in [1.165, 1.54) is 4.90 Å². The van der Waals surface area contributed by atoms with Gasteiger partial charge in [0.05, 0.1) is 44.1 Å². The average Bonchev–Trinajstić information content (AvgIpc) is 2.62. The van der Waals surface area contributed by atoms with Gasteiger partial charge in [0.25, 0.3) is 0 Å². The minimum absolute atomic E-state index is 0.0722. The van der Waals surface area contributed by atoms with Gasteiger partial charge in [0.1, 0.15) is 5.92 Å². The number of nitrogens with one attached hydrogen (secondary N) is 2. The Bertz CT molecular complexity index is 907. The maximum atomic E-state index is 10.0. The molecule has 0 amide bonds. The van der Waals surface area contributed by atoms with Crippen LogP contribution in [-0.2, 0) is 0 Å². The number of hydrogen-bond acceptors (Lipinski definition) is 4. The van der Waals surface area contributed by atoms with Gasteiger partial charge in [-0.15, -0.1) is 0 Å². The molecule has 1 aromatic rings. The highest BCUT2D eigenvalue weighted by Gasteiger charge is 2.58. The molecule has 1 aromatic carbocycles. The van der Waals surface area contributed by atoms with E-state index in [1.54, 1.807) is 0 Å². The predicted molar refractivity (Wildman–Crippen MR) is 97.3 cm³/mol. The summed E-state index contributed by atoms with van der Waals surface area (Å²) in [6.07, 6.45) is 2.04. The van der Waals surface area contributed by atoms with E-state index >= 15 is 0 Å². The van der Waals surface area contributed by atoms with Gasteiger partial charge >= 0.3 is 0 Å². The summed E-state index contributed by atoms with van der Waals surface area (Å²) in [6.45, 7) is 5.55. The van der Waals surface area contributed by atoms with Gasteiger partial charge < -0.3 is 10.3 Å². The molecule has 1 aliphatic heterocycles. The Labute approximate surface area is 154 Å². The van der Waals surface area contributed by atoms with E-state index in [9.17, 15) is 15.8 Å². The quantitative estimate of drug-likeness (QED) is 0.758. The van der Waals surface area contributed by atoms with Crippen molar-refractivity contribution >= 4 is 5.71 Å². The van der Waals surface area contributed by atoms with Crippen LogP contribution in [0.15, 0.2) is 29.8 Å². The number of rotatable bonds is 1. The molecule has 1 heterocycles. The molecular formula is C21H22N5+. The van der Waals surface area contributed by atoms with E-state index in [-0.39, 0.29) is 11.6 Å². The zero-order chi connectivity index (χ0) is 19.1. The fourth-order valence-corrected chi connectivity index (χ4v) is 4.57. The Hall–Kier alpha value is -2.94. The van der Waals surface area contributed by atoms with Crippen LogP contribution in [0.2, 0.25) is 0 Å². The largest absolute Gasteiger partial charge is 0.334 e. The topological polar surface area (TPSA) is 99.7 Å². The predicted octanol–water partition coefficient (Wildman–Crippen LogP) is 1.66. The zero-order valence-electron chi connectivity index (χ0n) is 15.3. The second-order valence-corrected chi connectivity index (χ2v) is 7.52. The van der Waals surface area contributed by atoms with Crippen LogP contribution < -0.4 is 4.90 Å². The Balaban J connectivity index is 2.30. The first kappa shape index (κ1) is 17.9. The minimum Gasteiger partial charge on any atom is -0.334 e. The second-order valence-electron chi connectivity index (χ2n) is 7.52. The first-order valence-corrected chi connectivity index (χ1v) is 8.79. The lowest BCUT2D eigenvalue weighted by atomic mass is 9.54. The molecule has 130 valence electrons. The summed E-state index contributed by atoms with van der Waals surface area (Å²) in [5.74, 6) is -1.31. The summed E-state index contributed by atoms with van der Waals surface area (Å²) < 4.78 is 0. The van der Waals surface area contributed by atoms with Crippen LogP contribution in [0.3, 0.4) is 0 Å². The van der Waals surface area contributed by atoms with Gasteiger partial charge in [0.15, 0.2) is 5.41 Å². The number of nitriles is 3. The number of fused-ring (bicyclic) bond motifs is 1. The molecule has 3 rings (SSSR count). The number of aryl methyl sites for hydroxylation is 2. The standard InChI is InChI=1S/C21H21N5/c1-13-4-5-15(14(2)8-13)19-18-10-26(3)7-6-16(18)17(9-22)20(25)21(19,11-23)12-24/h4-6,8,17-19,25H,7,10H2,1-3H3/p+1/t17-,18+,19-/m1/s1. The number of quaternary nitrogens is 1. The third-order valence-corrected chi connectivity index (χ3v) is 5.84. The lowest BCUT2D eigenvalue weighted by molar-refractivity contribution is -0.878. The number of likely N-dealkylation sites (N-methyl/N-ethyl adjacent to an activating group) is 1. The van der Waals surface area contributed by atoms with Crippen molar-refractivity contribution in [3.05, 3.63) is 46.5 Å². The summed E-state index contributed by atoms with van der Waals surface area (Å²) in [6, 6.07) is 12.5. The lowest BCUT2D eigenvalue weighted by Gasteiger charge is -2.46. The highest BCUT2D eigenvalue weighted by molar-refractivity contribution is 6.00. The Kier molecular flexibility index (Phi) is 4.41. The molecule has 1 saturated carbocycles. The van der Waals surface area contributed by atoms with Gasteiger partial charge in [-0.3, -0.25) is 0 Å². The van der Waals surface area contributed by atoms with Crippen LogP contribution in [0.5, 0.6) is 0 Å². The van der Waals surface area contributed by atoms with Crippen LogP contribution in [0.1, 0.15) is 22.6 Å². The first-order chi connectivity index (χ1) is 12.4. The van der Waals surface area contributed by atoms with Crippen molar-refractivity contribution in [3.8, 4) is 18.2 Å². The van der Waals surface area contributed by atoms with Gasteiger partial charge in [-0.1, -0.05) is 23.8 Å². The number of nitrogens with zero attached hydrogens (tertiary/aromatic N) is 3. The average molecular weight is 344 g/mol. The monoisotopic (exact) mass is 344 g/mol. The molecule has 0 radical (unpaired) electrons. The maximum absolute atomic E-state index is 10.0. The molecule has 5 nitrogen and oxygen atoms in total. The van der Waals surface area contributed by atoms with Crippen LogP contribution in [0, 0.1) is 70.5 Å². The van der Waals surface area contributed by atoms with Crippen molar-refractivity contribution in [2.45, 2.75) is 19.8 Å². The molecule has 0 aromatic heterocycles. The summed E-state index contributed by atoms with van der Waals surface area (Å²) in [5.41, 5.74) is 2.31. The van der Waals surface area contributed by atoms with Crippen molar-refractivity contribution in [2.24, 2.45) is 17.3 Å². The minimum atomic E-state index is -1.61. The Morgan fingerprint density at radius 2 is 1.88 bits per heavy atom. The van der Waals surface area contributed by atoms with Gasteiger partial charge in [0.2, 0.25) is 0 Å². The van der Waals surface area contributed by atoms with Crippen LogP contribution in [0.25, 0.3) is 0 Å². The Morgan fingerprint density at radius 3 is 2.46 bits per heavy atom. The number of hydrogen-bond donors (Lipinski definition) is 2. The summed E-state index contributed by atoms with van der Waals surface area (Å²) >= 11 is 0. The summed E-state index contributed by atoms with van der Waals surface area (Å²) in [4.78, 5) is 1.28. The molecule has 5 heteroatoms. The molecule has 1 unspecified atom stereocenters. The van der Waals surface area contributed by atoms with E-state index < -0.39 is 17.3 Å². The van der Waals surface area contributed by atoms with E-state index in [1.807, 2.05) is 32.1 Å². The van der Waals surface area contributed by atoms with Gasteiger partial charge in [-0.25, -0.2) is 0 Å². The molecule has 0 saturated heterocycles. The van der Waals surface area contributed by atoms with E-state index in [0.29, 0.717) is 0 Å². The van der Waals surface area contributed by atoms with Gasteiger partial charge in [-0.05, 0) is 36.6 Å². The lowest BCUT2D eigenvalue weighted by Crippen LogP contribution is -3.10. The fourth-order valence-electron chi connectivity index (χ4n) is 4.57. The van der Waals surface area contributed by atoms with Crippen LogP contribution in [0.4, 0.5) is 0 Å². The molecular weight excluding hydrogens is 322 g/mol. The smallest absolute Gasteiger partial charge is 0.189 e. The second kappa shape index (κ2) is 6.41. The third-order valence-electron chi connectivity index (χ3n) is 5.84. The SMILES string of the molecule is Cc1ccc([C@@H]2[C@H]3C[NH+](C)CC=C3[C@@H](C#N)C(=N)C2(C#N)C#N)c(C)c1. The maximum Gasteiger partial charge on any atom is 0.189 e. The van der Waals surface area contributed by atoms with Crippen molar-refractivity contribution < 1.29 is 4.90 Å². The number of benzene rings is 1. The van der Waals surface area contributed by atoms with Crippen molar-refractivity contribution in [3.63, 3.8) is 0 Å². The van der Waals surface area contributed by atoms with Crippen LogP contribution in [-0.4, -0.2) is 25.8 Å². The van der Waals surface area contributed by atoms with Crippen molar-refractivity contribution in [1.29, 1.82) is 21.2 Å². The van der Waals surface area contributed by atoms with E-state index in [4.69, 9.17) is 5.41 Å². The third kappa shape index (κ3) is 2.43. The fraction of sp³-hybridized carbons (Fsp3) is 0.429.